The van der Waals surface area contributed by atoms with E-state index < -0.39 is 5.91 Å². The van der Waals surface area contributed by atoms with E-state index in [4.69, 9.17) is 26.2 Å². The summed E-state index contributed by atoms with van der Waals surface area (Å²) in [5.41, 5.74) is 3.49. The van der Waals surface area contributed by atoms with E-state index >= 15 is 0 Å². The average Bonchev–Trinajstić information content (AvgIpc) is 3.31. The highest BCUT2D eigenvalue weighted by atomic mass is 35.5. The van der Waals surface area contributed by atoms with E-state index in [2.05, 4.69) is 5.32 Å². The Balaban J connectivity index is 1.69. The van der Waals surface area contributed by atoms with Gasteiger partial charge in [0, 0.05) is 28.4 Å². The summed E-state index contributed by atoms with van der Waals surface area (Å²) in [7, 11) is 3.03. The molecule has 36 heavy (non-hydrogen) atoms. The van der Waals surface area contributed by atoms with Crippen molar-refractivity contribution in [3.63, 3.8) is 0 Å². The number of halogens is 1. The number of rotatable bonds is 8. The second kappa shape index (κ2) is 11.3. The Hall–Kier alpha value is -4.54. The fraction of sp³-hybridized carbons (Fsp3) is 0.107. The largest absolute Gasteiger partial charge is 0.497 e. The molecule has 0 aliphatic heterocycles. The number of aromatic nitrogens is 2. The van der Waals surface area contributed by atoms with Crippen molar-refractivity contribution in [3.05, 3.63) is 101 Å². The molecule has 8 heteroatoms. The third-order valence-corrected chi connectivity index (χ3v) is 5.67. The van der Waals surface area contributed by atoms with Crippen LogP contribution >= 0.6 is 11.6 Å². The van der Waals surface area contributed by atoms with E-state index in [1.165, 1.54) is 20.3 Å². The van der Waals surface area contributed by atoms with Crippen molar-refractivity contribution in [1.82, 2.24) is 9.78 Å². The van der Waals surface area contributed by atoms with Crippen molar-refractivity contribution in [2.24, 2.45) is 0 Å². The van der Waals surface area contributed by atoms with Crippen molar-refractivity contribution in [2.45, 2.75) is 6.54 Å². The first-order valence-electron chi connectivity index (χ1n) is 11.0. The van der Waals surface area contributed by atoms with Crippen LogP contribution in [-0.4, -0.2) is 29.9 Å². The van der Waals surface area contributed by atoms with Crippen molar-refractivity contribution >= 4 is 29.3 Å². The first-order valence-corrected chi connectivity index (χ1v) is 11.4. The lowest BCUT2D eigenvalue weighted by atomic mass is 10.1. The van der Waals surface area contributed by atoms with Gasteiger partial charge >= 0.3 is 0 Å². The zero-order valence-electron chi connectivity index (χ0n) is 19.7. The van der Waals surface area contributed by atoms with Gasteiger partial charge in [0.2, 0.25) is 0 Å². The van der Waals surface area contributed by atoms with E-state index in [9.17, 15) is 10.1 Å². The molecule has 0 fully saturated rings. The summed E-state index contributed by atoms with van der Waals surface area (Å²) < 4.78 is 12.3. The summed E-state index contributed by atoms with van der Waals surface area (Å²) in [5, 5.41) is 18.0. The minimum atomic E-state index is -0.575. The smallest absolute Gasteiger partial charge is 0.266 e. The Morgan fingerprint density at radius 2 is 1.83 bits per heavy atom. The fourth-order valence-corrected chi connectivity index (χ4v) is 3.75. The molecule has 3 aromatic carbocycles. The molecule has 180 valence electrons. The van der Waals surface area contributed by atoms with E-state index in [1.807, 2.05) is 66.9 Å². The van der Waals surface area contributed by atoms with Gasteiger partial charge in [-0.1, -0.05) is 54.1 Å². The van der Waals surface area contributed by atoms with Gasteiger partial charge in [0.05, 0.1) is 32.1 Å². The van der Waals surface area contributed by atoms with Gasteiger partial charge < -0.3 is 14.8 Å². The maximum absolute atomic E-state index is 13.1. The highest BCUT2D eigenvalue weighted by Gasteiger charge is 2.17. The predicted octanol–water partition coefficient (Wildman–Crippen LogP) is 5.81. The average molecular weight is 499 g/mol. The molecule has 1 amide bonds. The molecule has 0 radical (unpaired) electrons. The van der Waals surface area contributed by atoms with Crippen molar-refractivity contribution < 1.29 is 14.3 Å². The summed E-state index contributed by atoms with van der Waals surface area (Å²) in [5.74, 6) is 0.416. The lowest BCUT2D eigenvalue weighted by Gasteiger charge is -2.11. The number of benzene rings is 3. The van der Waals surface area contributed by atoms with Crippen molar-refractivity contribution in [3.8, 4) is 28.8 Å². The number of methoxy groups -OCH3 is 2. The quantitative estimate of drug-likeness (QED) is 0.244. The van der Waals surface area contributed by atoms with Crippen LogP contribution in [0.4, 0.5) is 5.69 Å². The first kappa shape index (κ1) is 24.6. The predicted molar refractivity (Wildman–Crippen MR) is 140 cm³/mol. The normalized spacial score (nSPS) is 11.0. The van der Waals surface area contributed by atoms with Gasteiger partial charge in [0.25, 0.3) is 5.91 Å². The molecule has 0 spiro atoms. The van der Waals surface area contributed by atoms with Crippen LogP contribution in [0.25, 0.3) is 17.3 Å². The van der Waals surface area contributed by atoms with E-state index in [-0.39, 0.29) is 5.57 Å². The summed E-state index contributed by atoms with van der Waals surface area (Å²) in [6.45, 7) is 0.500. The number of hydrogen-bond donors (Lipinski definition) is 1. The molecule has 0 unspecified atom stereocenters. The number of hydrogen-bond acceptors (Lipinski definition) is 5. The van der Waals surface area contributed by atoms with E-state index in [0.717, 1.165) is 11.1 Å². The number of ether oxygens (including phenoxy) is 2. The monoisotopic (exact) mass is 498 g/mol. The fourth-order valence-electron chi connectivity index (χ4n) is 3.63. The van der Waals surface area contributed by atoms with Crippen molar-refractivity contribution in [1.29, 1.82) is 5.26 Å². The van der Waals surface area contributed by atoms with Gasteiger partial charge in [-0.15, -0.1) is 0 Å². The summed E-state index contributed by atoms with van der Waals surface area (Å²) in [6.07, 6.45) is 3.35. The molecular weight excluding hydrogens is 476 g/mol. The minimum Gasteiger partial charge on any atom is -0.497 e. The highest BCUT2D eigenvalue weighted by molar-refractivity contribution is 6.30. The summed E-state index contributed by atoms with van der Waals surface area (Å²) in [4.78, 5) is 13.1. The topological polar surface area (TPSA) is 89.2 Å². The van der Waals surface area contributed by atoms with Gasteiger partial charge in [-0.25, -0.2) is 0 Å². The third-order valence-electron chi connectivity index (χ3n) is 5.41. The second-order valence-electron chi connectivity index (χ2n) is 7.81. The van der Waals surface area contributed by atoms with Crippen LogP contribution < -0.4 is 14.8 Å². The molecule has 0 atom stereocenters. The van der Waals surface area contributed by atoms with Gasteiger partial charge in [-0.05, 0) is 35.9 Å². The Morgan fingerprint density at radius 3 is 2.50 bits per heavy atom. The molecule has 0 bridgehead atoms. The molecule has 0 aliphatic rings. The van der Waals surface area contributed by atoms with Gasteiger partial charge in [0.15, 0.2) is 0 Å². The zero-order chi connectivity index (χ0) is 25.5. The van der Waals surface area contributed by atoms with Crippen molar-refractivity contribution in [2.75, 3.05) is 19.5 Å². The molecule has 1 heterocycles. The molecular formula is C28H23ClN4O3. The van der Waals surface area contributed by atoms with E-state index in [1.54, 1.807) is 22.9 Å². The Morgan fingerprint density at radius 1 is 1.08 bits per heavy atom. The van der Waals surface area contributed by atoms with Crippen LogP contribution in [0, 0.1) is 11.3 Å². The Labute approximate surface area is 214 Å². The number of nitrogens with zero attached hydrogens (tertiary/aromatic N) is 3. The number of anilines is 1. The van der Waals surface area contributed by atoms with Crippen LogP contribution in [0.3, 0.4) is 0 Å². The van der Waals surface area contributed by atoms with Crippen LogP contribution in [0.15, 0.2) is 84.6 Å². The zero-order valence-corrected chi connectivity index (χ0v) is 20.5. The number of carbonyl (C=O) groups is 1. The molecule has 1 N–H and O–H groups in total. The maximum Gasteiger partial charge on any atom is 0.266 e. The molecule has 0 saturated heterocycles. The Kier molecular flexibility index (Phi) is 7.69. The number of nitrogens with one attached hydrogen (secondary N) is 1. The lowest BCUT2D eigenvalue weighted by molar-refractivity contribution is -0.112. The number of amides is 1. The lowest BCUT2D eigenvalue weighted by Crippen LogP contribution is -2.14. The highest BCUT2D eigenvalue weighted by Crippen LogP contribution is 2.30. The van der Waals surface area contributed by atoms with Gasteiger partial charge in [-0.3, -0.25) is 9.48 Å². The SMILES string of the molecule is COc1ccc(OC)c(NC(=O)C(C#N)=Cc2cn(Cc3ccc(Cl)cc3)nc2-c2ccccc2)c1. The maximum atomic E-state index is 13.1. The van der Waals surface area contributed by atoms with Gasteiger partial charge in [-0.2, -0.15) is 10.4 Å². The molecule has 4 aromatic rings. The van der Waals surface area contributed by atoms with Crippen LogP contribution in [-0.2, 0) is 11.3 Å². The minimum absolute atomic E-state index is 0.0805. The second-order valence-corrected chi connectivity index (χ2v) is 8.25. The number of nitriles is 1. The molecule has 7 nitrogen and oxygen atoms in total. The third kappa shape index (κ3) is 5.74. The molecule has 0 aliphatic carbocycles. The molecule has 0 saturated carbocycles. The Bertz CT molecular complexity index is 1440. The first-order chi connectivity index (χ1) is 17.5. The van der Waals surface area contributed by atoms with E-state index in [0.29, 0.717) is 40.0 Å². The summed E-state index contributed by atoms with van der Waals surface area (Å²) in [6, 6.07) is 24.1. The van der Waals surface area contributed by atoms with Crippen LogP contribution in [0.2, 0.25) is 5.02 Å². The van der Waals surface area contributed by atoms with Gasteiger partial charge in [0.1, 0.15) is 23.1 Å². The summed E-state index contributed by atoms with van der Waals surface area (Å²) >= 11 is 6.01. The van der Waals surface area contributed by atoms with Crippen LogP contribution in [0.5, 0.6) is 11.5 Å². The van der Waals surface area contributed by atoms with Crippen LogP contribution in [0.1, 0.15) is 11.1 Å². The molecule has 4 rings (SSSR count). The number of carbonyl (C=O) groups excluding carboxylic acids is 1. The molecule has 1 aromatic heterocycles. The standard InChI is InChI=1S/C28H23ClN4O3/c1-35-24-12-13-26(36-2)25(15-24)31-28(34)21(16-30)14-22-18-33(17-19-8-10-23(29)11-9-19)32-27(22)20-6-4-3-5-7-20/h3-15,18H,17H2,1-2H3,(H,31,34).